The van der Waals surface area contributed by atoms with Crippen LogP contribution in [-0.4, -0.2) is 12.6 Å². The molecule has 0 aliphatic rings. The first-order chi connectivity index (χ1) is 7.61. The van der Waals surface area contributed by atoms with Crippen LogP contribution in [0.4, 0.5) is 0 Å². The summed E-state index contributed by atoms with van der Waals surface area (Å²) in [5.74, 6) is 0. The van der Waals surface area contributed by atoms with Gasteiger partial charge in [-0.15, -0.1) is 0 Å². The predicted octanol–water partition coefficient (Wildman–Crippen LogP) is 3.81. The molecule has 0 saturated carbocycles. The van der Waals surface area contributed by atoms with Gasteiger partial charge in [0.25, 0.3) is 0 Å². The SMILES string of the molecule is C=C(Br)CNC(CC)Cc1ccc(C)cc1. The summed E-state index contributed by atoms with van der Waals surface area (Å²) in [7, 11) is 0. The summed E-state index contributed by atoms with van der Waals surface area (Å²) in [4.78, 5) is 0. The second-order valence-electron chi connectivity index (χ2n) is 4.19. The molecular formula is C14H20BrN. The fourth-order valence-corrected chi connectivity index (χ4v) is 1.79. The number of rotatable bonds is 6. The van der Waals surface area contributed by atoms with Crippen molar-refractivity contribution < 1.29 is 0 Å². The van der Waals surface area contributed by atoms with E-state index in [1.54, 1.807) is 0 Å². The molecule has 1 aromatic carbocycles. The van der Waals surface area contributed by atoms with Gasteiger partial charge in [-0.1, -0.05) is 59.3 Å². The first-order valence-corrected chi connectivity index (χ1v) is 6.53. The molecule has 0 saturated heterocycles. The minimum atomic E-state index is 0.525. The van der Waals surface area contributed by atoms with E-state index < -0.39 is 0 Å². The highest BCUT2D eigenvalue weighted by Crippen LogP contribution is 2.08. The lowest BCUT2D eigenvalue weighted by molar-refractivity contribution is 0.521. The van der Waals surface area contributed by atoms with Crippen LogP contribution in [0.1, 0.15) is 24.5 Å². The minimum Gasteiger partial charge on any atom is -0.309 e. The summed E-state index contributed by atoms with van der Waals surface area (Å²) in [6.07, 6.45) is 2.21. The van der Waals surface area contributed by atoms with Gasteiger partial charge in [-0.05, 0) is 25.3 Å². The highest BCUT2D eigenvalue weighted by atomic mass is 79.9. The van der Waals surface area contributed by atoms with Crippen molar-refractivity contribution in [1.29, 1.82) is 0 Å². The van der Waals surface area contributed by atoms with Gasteiger partial charge in [0.2, 0.25) is 0 Å². The first kappa shape index (κ1) is 13.5. The Morgan fingerprint density at radius 3 is 2.50 bits per heavy atom. The van der Waals surface area contributed by atoms with Crippen molar-refractivity contribution in [1.82, 2.24) is 5.32 Å². The number of aryl methyl sites for hydroxylation is 1. The van der Waals surface area contributed by atoms with Crippen molar-refractivity contribution in [2.45, 2.75) is 32.7 Å². The third kappa shape index (κ3) is 4.95. The summed E-state index contributed by atoms with van der Waals surface area (Å²) in [5.41, 5.74) is 2.71. The lowest BCUT2D eigenvalue weighted by Crippen LogP contribution is -2.31. The van der Waals surface area contributed by atoms with E-state index in [9.17, 15) is 0 Å². The number of halogens is 1. The molecule has 0 bridgehead atoms. The standard InChI is InChI=1S/C14H20BrN/c1-4-14(16-10-12(3)15)9-13-7-5-11(2)6-8-13/h5-8,14,16H,3-4,9-10H2,1-2H3. The van der Waals surface area contributed by atoms with E-state index in [1.807, 2.05) is 0 Å². The van der Waals surface area contributed by atoms with E-state index in [1.165, 1.54) is 11.1 Å². The summed E-state index contributed by atoms with van der Waals surface area (Å²) >= 11 is 3.37. The highest BCUT2D eigenvalue weighted by Gasteiger charge is 2.06. The first-order valence-electron chi connectivity index (χ1n) is 5.74. The highest BCUT2D eigenvalue weighted by molar-refractivity contribution is 9.11. The summed E-state index contributed by atoms with van der Waals surface area (Å²) in [6.45, 7) is 9.00. The maximum atomic E-state index is 3.83. The molecule has 1 nitrogen and oxygen atoms in total. The molecule has 1 rings (SSSR count). The Balaban J connectivity index is 2.49. The average molecular weight is 282 g/mol. The molecule has 1 aromatic rings. The van der Waals surface area contributed by atoms with Gasteiger partial charge in [0, 0.05) is 17.1 Å². The molecule has 0 heterocycles. The van der Waals surface area contributed by atoms with E-state index in [2.05, 4.69) is 65.9 Å². The largest absolute Gasteiger partial charge is 0.309 e. The van der Waals surface area contributed by atoms with Gasteiger partial charge < -0.3 is 5.32 Å². The van der Waals surface area contributed by atoms with E-state index in [-0.39, 0.29) is 0 Å². The number of benzene rings is 1. The van der Waals surface area contributed by atoms with Gasteiger partial charge >= 0.3 is 0 Å². The Bertz CT molecular complexity index is 329. The van der Waals surface area contributed by atoms with Crippen LogP contribution in [0.25, 0.3) is 0 Å². The second kappa shape index (κ2) is 6.87. The molecule has 0 fully saturated rings. The van der Waals surface area contributed by atoms with Crippen LogP contribution in [-0.2, 0) is 6.42 Å². The van der Waals surface area contributed by atoms with Crippen LogP contribution in [0.2, 0.25) is 0 Å². The lowest BCUT2D eigenvalue weighted by atomic mass is 10.0. The zero-order chi connectivity index (χ0) is 12.0. The average Bonchev–Trinajstić information content (AvgIpc) is 2.26. The molecule has 1 unspecified atom stereocenters. The Morgan fingerprint density at radius 1 is 1.38 bits per heavy atom. The zero-order valence-corrected chi connectivity index (χ0v) is 11.7. The molecule has 0 amide bonds. The maximum Gasteiger partial charge on any atom is 0.0268 e. The van der Waals surface area contributed by atoms with Gasteiger partial charge in [0.1, 0.15) is 0 Å². The summed E-state index contributed by atoms with van der Waals surface area (Å²) < 4.78 is 1.01. The third-order valence-corrected chi connectivity index (χ3v) is 2.96. The maximum absolute atomic E-state index is 3.83. The fourth-order valence-electron chi connectivity index (χ4n) is 1.62. The monoisotopic (exact) mass is 281 g/mol. The van der Waals surface area contributed by atoms with Crippen molar-refractivity contribution in [3.8, 4) is 0 Å². The summed E-state index contributed by atoms with van der Waals surface area (Å²) in [6, 6.07) is 9.29. The van der Waals surface area contributed by atoms with E-state index in [4.69, 9.17) is 0 Å². The Labute approximate surface area is 107 Å². The van der Waals surface area contributed by atoms with Crippen LogP contribution < -0.4 is 5.32 Å². The Morgan fingerprint density at radius 2 is 2.00 bits per heavy atom. The van der Waals surface area contributed by atoms with Crippen LogP contribution in [0, 0.1) is 6.92 Å². The number of hydrogen-bond acceptors (Lipinski definition) is 1. The van der Waals surface area contributed by atoms with E-state index >= 15 is 0 Å². The van der Waals surface area contributed by atoms with Gasteiger partial charge in [-0.2, -0.15) is 0 Å². The fraction of sp³-hybridized carbons (Fsp3) is 0.429. The van der Waals surface area contributed by atoms with Gasteiger partial charge in [-0.3, -0.25) is 0 Å². The molecule has 0 radical (unpaired) electrons. The van der Waals surface area contributed by atoms with Crippen molar-refractivity contribution in [2.75, 3.05) is 6.54 Å². The molecule has 0 aliphatic heterocycles. The molecule has 2 heteroatoms. The molecule has 1 N–H and O–H groups in total. The van der Waals surface area contributed by atoms with E-state index in [0.717, 1.165) is 23.9 Å². The van der Waals surface area contributed by atoms with Crippen molar-refractivity contribution >= 4 is 15.9 Å². The zero-order valence-electron chi connectivity index (χ0n) is 10.1. The lowest BCUT2D eigenvalue weighted by Gasteiger charge is -2.16. The normalized spacial score (nSPS) is 12.4. The molecule has 88 valence electrons. The molecular weight excluding hydrogens is 262 g/mol. The van der Waals surface area contributed by atoms with Gasteiger partial charge in [0.15, 0.2) is 0 Å². The van der Waals surface area contributed by atoms with Crippen LogP contribution in [0.15, 0.2) is 35.3 Å². The smallest absolute Gasteiger partial charge is 0.0268 e. The van der Waals surface area contributed by atoms with Gasteiger partial charge in [-0.25, -0.2) is 0 Å². The third-order valence-electron chi connectivity index (χ3n) is 2.68. The van der Waals surface area contributed by atoms with Crippen LogP contribution >= 0.6 is 15.9 Å². The Hall–Kier alpha value is -0.600. The predicted molar refractivity (Wildman–Crippen MR) is 75.0 cm³/mol. The molecule has 16 heavy (non-hydrogen) atoms. The quantitative estimate of drug-likeness (QED) is 0.836. The molecule has 0 spiro atoms. The van der Waals surface area contributed by atoms with Crippen molar-refractivity contribution in [3.05, 3.63) is 46.5 Å². The number of hydrogen-bond donors (Lipinski definition) is 1. The van der Waals surface area contributed by atoms with Crippen LogP contribution in [0.3, 0.4) is 0 Å². The minimum absolute atomic E-state index is 0.525. The molecule has 0 aliphatic carbocycles. The van der Waals surface area contributed by atoms with Crippen LogP contribution in [0.5, 0.6) is 0 Å². The number of nitrogens with one attached hydrogen (secondary N) is 1. The van der Waals surface area contributed by atoms with Crippen molar-refractivity contribution in [2.24, 2.45) is 0 Å². The molecule has 1 atom stereocenters. The van der Waals surface area contributed by atoms with Gasteiger partial charge in [0.05, 0.1) is 0 Å². The van der Waals surface area contributed by atoms with Crippen molar-refractivity contribution in [3.63, 3.8) is 0 Å². The summed E-state index contributed by atoms with van der Waals surface area (Å²) in [5, 5.41) is 3.49. The Kier molecular flexibility index (Phi) is 5.78. The van der Waals surface area contributed by atoms with E-state index in [0.29, 0.717) is 6.04 Å². The molecule has 0 aromatic heterocycles. The second-order valence-corrected chi connectivity index (χ2v) is 5.31. The topological polar surface area (TPSA) is 12.0 Å².